The Balaban J connectivity index is 1.57. The van der Waals surface area contributed by atoms with E-state index in [2.05, 4.69) is 27.4 Å². The Kier molecular flexibility index (Phi) is 12.6. The molecule has 0 spiro atoms. The number of benzene rings is 1. The van der Waals surface area contributed by atoms with E-state index in [9.17, 15) is 50.2 Å². The molecule has 1 aromatic rings. The molecule has 1 fully saturated rings. The van der Waals surface area contributed by atoms with Crippen LogP contribution in [0.25, 0.3) is 0 Å². The number of Topliss-reactive ketones (excluding diaryl/α,β-unsaturated/α-hetero) is 1. The summed E-state index contributed by atoms with van der Waals surface area (Å²) < 4.78 is 91.5. The molecule has 1 heterocycles. The second-order valence-corrected chi connectivity index (χ2v) is 13.9. The van der Waals surface area contributed by atoms with Gasteiger partial charge in [0.25, 0.3) is 5.91 Å². The predicted molar refractivity (Wildman–Crippen MR) is 186 cm³/mol. The number of amidine groups is 1. The molecule has 2 aliphatic carbocycles. The number of alkyl halides is 7. The van der Waals surface area contributed by atoms with Crippen LogP contribution < -0.4 is 11.1 Å². The molecule has 0 bridgehead atoms. The lowest BCUT2D eigenvalue weighted by Crippen LogP contribution is -2.61. The maximum atomic E-state index is 14.0. The van der Waals surface area contributed by atoms with E-state index >= 15 is 0 Å². The lowest BCUT2D eigenvalue weighted by molar-refractivity contribution is -0.313. The number of hydrogen-bond donors (Lipinski definition) is 3. The maximum absolute atomic E-state index is 14.0. The summed E-state index contributed by atoms with van der Waals surface area (Å²) in [6.07, 6.45) is -1.68. The fourth-order valence-corrected chi connectivity index (χ4v) is 6.87. The molecule has 9 nitrogen and oxygen atoms in total. The highest BCUT2D eigenvalue weighted by Crippen LogP contribution is 2.48. The molecule has 4 N–H and O–H groups in total. The number of aryl methyl sites for hydroxylation is 1. The van der Waals surface area contributed by atoms with E-state index in [0.29, 0.717) is 30.7 Å². The van der Waals surface area contributed by atoms with Crippen LogP contribution in [0.3, 0.4) is 0 Å². The third kappa shape index (κ3) is 9.01. The summed E-state index contributed by atoms with van der Waals surface area (Å²) in [6.45, 7) is 3.74. The molecule has 282 valence electrons. The average molecular weight is 758 g/mol. The van der Waals surface area contributed by atoms with Gasteiger partial charge in [0.1, 0.15) is 11.8 Å². The summed E-state index contributed by atoms with van der Waals surface area (Å²) in [5, 5.41) is 18.8. The first-order valence-corrected chi connectivity index (χ1v) is 17.7. The number of phenolic OH excluding ortho intramolecular Hbond substituents is 1. The molecule has 4 atom stereocenters. The van der Waals surface area contributed by atoms with Gasteiger partial charge in [-0.2, -0.15) is 43.2 Å². The number of nitrogens with two attached hydrogens (primary N) is 1. The number of allylic oxidation sites excluding steroid dienone is 4. The van der Waals surface area contributed by atoms with E-state index < -0.39 is 41.6 Å². The highest BCUT2D eigenvalue weighted by Gasteiger charge is 2.75. The van der Waals surface area contributed by atoms with Gasteiger partial charge in [-0.3, -0.25) is 19.4 Å². The highest BCUT2D eigenvalue weighted by atomic mass is 32.2. The molecule has 1 aliphatic heterocycles. The number of hydrogen-bond acceptors (Lipinski definition) is 8. The number of nitrogens with zero attached hydrogens (tertiary/aromatic N) is 3. The number of anilines is 1. The molecule has 0 aromatic heterocycles. The van der Waals surface area contributed by atoms with Crippen molar-refractivity contribution in [3.05, 3.63) is 58.7 Å². The van der Waals surface area contributed by atoms with Gasteiger partial charge < -0.3 is 16.2 Å². The first-order valence-electron chi connectivity index (χ1n) is 16.3. The van der Waals surface area contributed by atoms with Crippen LogP contribution in [0, 0.1) is 24.7 Å². The van der Waals surface area contributed by atoms with Crippen molar-refractivity contribution < 1.29 is 50.2 Å². The van der Waals surface area contributed by atoms with Crippen LogP contribution in [0.4, 0.5) is 36.4 Å². The van der Waals surface area contributed by atoms with Crippen molar-refractivity contribution in [2.75, 3.05) is 17.3 Å². The molecule has 0 saturated heterocycles. The van der Waals surface area contributed by atoms with Crippen LogP contribution in [-0.2, 0) is 9.59 Å². The van der Waals surface area contributed by atoms with E-state index in [1.165, 1.54) is 24.3 Å². The summed E-state index contributed by atoms with van der Waals surface area (Å²) in [6, 6.07) is 1.62. The van der Waals surface area contributed by atoms with Crippen molar-refractivity contribution in [1.29, 1.82) is 0 Å². The molecular formula is C35H38F7N5O4S. The molecule has 4 unspecified atom stereocenters. The topological polar surface area (TPSA) is 147 Å². The zero-order valence-corrected chi connectivity index (χ0v) is 29.3. The number of amides is 1. The van der Waals surface area contributed by atoms with Gasteiger partial charge in [0.05, 0.1) is 5.69 Å². The number of aromatic hydroxyl groups is 1. The molecule has 17 heteroatoms. The van der Waals surface area contributed by atoms with Crippen LogP contribution in [-0.4, -0.2) is 76.4 Å². The summed E-state index contributed by atoms with van der Waals surface area (Å²) in [5.74, 6) is -2.62. The lowest BCUT2D eigenvalue weighted by Gasteiger charge is -2.28. The number of rotatable bonds is 14. The number of ketones is 2. The zero-order chi connectivity index (χ0) is 38.6. The SMILES string of the molecule is CSCC(C)CC1CC1C(=O)c1cc(O)cc(C)c1NC(=O)C1=CC(CC/C=N\N=C(N)C(F)(C(F)(F)F)C(F)(F)F)=NC1C1=CCCC=CC1=O. The number of aliphatic imine (C=N–C) groups is 1. The van der Waals surface area contributed by atoms with Crippen LogP contribution in [0.1, 0.15) is 61.4 Å². The van der Waals surface area contributed by atoms with E-state index in [1.54, 1.807) is 30.8 Å². The smallest absolute Gasteiger partial charge is 0.439 e. The van der Waals surface area contributed by atoms with E-state index in [4.69, 9.17) is 5.73 Å². The minimum Gasteiger partial charge on any atom is -0.508 e. The van der Waals surface area contributed by atoms with Gasteiger partial charge in [0, 0.05) is 34.6 Å². The number of nitrogens with one attached hydrogen (secondary N) is 1. The minimum absolute atomic E-state index is 0.0303. The number of phenols is 1. The quantitative estimate of drug-likeness (QED) is 0.0451. The van der Waals surface area contributed by atoms with E-state index in [0.717, 1.165) is 18.4 Å². The number of carbonyl (C=O) groups excluding carboxylic acids is 3. The Bertz CT molecular complexity index is 1750. The molecule has 3 aliphatic rings. The normalized spacial score (nSPS) is 21.8. The van der Waals surface area contributed by atoms with Crippen molar-refractivity contribution in [2.45, 2.75) is 76.4 Å². The molecular weight excluding hydrogens is 719 g/mol. The van der Waals surface area contributed by atoms with Crippen LogP contribution in [0.2, 0.25) is 0 Å². The zero-order valence-electron chi connectivity index (χ0n) is 28.4. The minimum atomic E-state index is -6.44. The molecule has 1 saturated carbocycles. The fourth-order valence-electron chi connectivity index (χ4n) is 6.17. The Morgan fingerprint density at radius 2 is 1.85 bits per heavy atom. The van der Waals surface area contributed by atoms with Gasteiger partial charge in [0.15, 0.2) is 17.4 Å². The molecule has 52 heavy (non-hydrogen) atoms. The summed E-state index contributed by atoms with van der Waals surface area (Å²) >= 11 is 1.73. The number of thioether (sulfide) groups is 1. The van der Waals surface area contributed by atoms with E-state index in [-0.39, 0.29) is 64.3 Å². The molecule has 4 rings (SSSR count). The largest absolute Gasteiger partial charge is 0.508 e. The molecule has 0 radical (unpaired) electrons. The predicted octanol–water partition coefficient (Wildman–Crippen LogP) is 7.40. The van der Waals surface area contributed by atoms with Gasteiger partial charge >= 0.3 is 18.0 Å². The summed E-state index contributed by atoms with van der Waals surface area (Å²) in [5.41, 5.74) is 0.0341. The van der Waals surface area contributed by atoms with Crippen molar-refractivity contribution in [3.8, 4) is 5.75 Å². The standard InChI is InChI=1S/C35H38F7N5O4S/c1-18(17-52-3)12-20-14-24(20)30(50)25-16-22(48)13-19(2)28(25)46-31(51)26-15-21(45-29(26)23-9-5-4-6-10-27(23)49)8-7-11-44-47-32(43)33(36,34(37,38)39)35(40,41)42/h6,9-11,13,15-16,18,20,24,29,48H,4-5,7-8,12,14,17H2,1-3H3,(H2,43,47)(H,46,51)/b44-11-. The van der Waals surface area contributed by atoms with E-state index in [1.807, 2.05) is 6.26 Å². The van der Waals surface area contributed by atoms with Gasteiger partial charge in [0.2, 0.25) is 0 Å². The van der Waals surface area contributed by atoms with Gasteiger partial charge in [-0.05, 0) is 99.1 Å². The lowest BCUT2D eigenvalue weighted by atomic mass is 9.94. The van der Waals surface area contributed by atoms with Crippen molar-refractivity contribution >= 4 is 52.7 Å². The first kappa shape index (κ1) is 40.5. The fraction of sp³-hybridized carbons (Fsp3) is 0.486. The Morgan fingerprint density at radius 3 is 2.50 bits per heavy atom. The average Bonchev–Trinajstić information content (AvgIpc) is 3.74. The van der Waals surface area contributed by atoms with Crippen molar-refractivity contribution in [2.24, 2.45) is 38.7 Å². The maximum Gasteiger partial charge on any atom is 0.439 e. The Labute approximate surface area is 299 Å². The monoisotopic (exact) mass is 757 g/mol. The van der Waals surface area contributed by atoms with Gasteiger partial charge in [-0.1, -0.05) is 19.1 Å². The second kappa shape index (κ2) is 16.2. The first-order chi connectivity index (χ1) is 24.3. The molecule has 1 amide bonds. The Hall–Kier alpha value is -4.28. The van der Waals surface area contributed by atoms with Gasteiger partial charge in [-0.15, -0.1) is 5.10 Å². The third-order valence-corrected chi connectivity index (χ3v) is 9.77. The molecule has 1 aromatic carbocycles. The van der Waals surface area contributed by atoms with Crippen LogP contribution >= 0.6 is 11.8 Å². The highest BCUT2D eigenvalue weighted by molar-refractivity contribution is 7.98. The Morgan fingerprint density at radius 1 is 1.15 bits per heavy atom. The number of halogens is 7. The summed E-state index contributed by atoms with van der Waals surface area (Å²) in [4.78, 5) is 45.1. The van der Waals surface area contributed by atoms with Gasteiger partial charge in [-0.25, -0.2) is 4.39 Å². The summed E-state index contributed by atoms with van der Waals surface area (Å²) in [7, 11) is 0. The number of carbonyl (C=O) groups is 3. The van der Waals surface area contributed by atoms with Crippen molar-refractivity contribution in [1.82, 2.24) is 0 Å². The van der Waals surface area contributed by atoms with Crippen molar-refractivity contribution in [3.63, 3.8) is 0 Å². The van der Waals surface area contributed by atoms with Crippen LogP contribution in [0.15, 0.2) is 62.8 Å². The third-order valence-electron chi connectivity index (χ3n) is 8.87. The van der Waals surface area contributed by atoms with Crippen LogP contribution in [0.5, 0.6) is 5.75 Å². The second-order valence-electron chi connectivity index (χ2n) is 13.0.